The third-order valence-electron chi connectivity index (χ3n) is 6.35. The number of hydrogen-bond acceptors (Lipinski definition) is 6. The van der Waals surface area contributed by atoms with Gasteiger partial charge in [0, 0.05) is 67.5 Å². The minimum atomic E-state index is -0.437. The Balaban J connectivity index is 1.28. The Hall–Kier alpha value is -3.62. The van der Waals surface area contributed by atoms with Gasteiger partial charge >= 0.3 is 0 Å². The lowest BCUT2D eigenvalue weighted by Gasteiger charge is -2.35. The molecule has 2 aromatic carbocycles. The molecule has 34 heavy (non-hydrogen) atoms. The molecule has 0 bridgehead atoms. The summed E-state index contributed by atoms with van der Waals surface area (Å²) in [5.41, 5.74) is 5.02. The van der Waals surface area contributed by atoms with Crippen LogP contribution in [0.4, 0.5) is 10.2 Å². The van der Waals surface area contributed by atoms with E-state index in [-0.39, 0.29) is 12.2 Å². The molecule has 0 aliphatic carbocycles. The topological polar surface area (TPSA) is 70.3 Å². The second-order valence-electron chi connectivity index (χ2n) is 8.46. The lowest BCUT2D eigenvalue weighted by molar-refractivity contribution is 0.249. The number of anilines is 1. The van der Waals surface area contributed by atoms with Crippen LogP contribution in [0.15, 0.2) is 67.1 Å². The zero-order valence-corrected chi connectivity index (χ0v) is 19.1. The lowest BCUT2D eigenvalue weighted by Crippen LogP contribution is -2.46. The molecular weight excluding hydrogens is 431 g/mol. The first kappa shape index (κ1) is 22.2. The fourth-order valence-corrected chi connectivity index (χ4v) is 4.38. The molecule has 2 aromatic heterocycles. The molecule has 174 valence electrons. The molecule has 1 aliphatic heterocycles. The van der Waals surface area contributed by atoms with Crippen molar-refractivity contribution in [2.75, 3.05) is 31.1 Å². The van der Waals surface area contributed by atoms with Crippen molar-refractivity contribution in [3.63, 3.8) is 0 Å². The number of aliphatic hydroxyl groups is 1. The van der Waals surface area contributed by atoms with Crippen molar-refractivity contribution in [1.82, 2.24) is 24.6 Å². The highest BCUT2D eigenvalue weighted by molar-refractivity contribution is 5.72. The molecule has 1 saturated heterocycles. The highest BCUT2D eigenvalue weighted by Crippen LogP contribution is 2.29. The van der Waals surface area contributed by atoms with Crippen LogP contribution in [0.1, 0.15) is 16.8 Å². The number of rotatable bonds is 6. The van der Waals surface area contributed by atoms with E-state index >= 15 is 0 Å². The predicted molar refractivity (Wildman–Crippen MR) is 129 cm³/mol. The standard InChI is InChI=1S/C26H27FN6O/c1-19-22(16-30-33(19)23-5-3-2-4-6-23)17-31-11-13-32(14-12-31)26-25(28-9-10-29-26)20-7-8-21(18-34)24(27)15-20/h2-10,15-16,34H,11-14,17-18H2,1H3. The molecule has 3 heterocycles. The SMILES string of the molecule is Cc1c(CN2CCN(c3nccnc3-c3ccc(CO)c(F)c3)CC2)cnn1-c1ccccc1. The number of nitrogens with zero attached hydrogens (tertiary/aromatic N) is 6. The van der Waals surface area contributed by atoms with E-state index < -0.39 is 5.82 Å². The monoisotopic (exact) mass is 458 g/mol. The highest BCUT2D eigenvalue weighted by Gasteiger charge is 2.23. The first-order chi connectivity index (χ1) is 16.6. The van der Waals surface area contributed by atoms with Gasteiger partial charge in [0.15, 0.2) is 5.82 Å². The molecule has 7 nitrogen and oxygen atoms in total. The van der Waals surface area contributed by atoms with Crippen molar-refractivity contribution in [3.05, 3.63) is 89.8 Å². The van der Waals surface area contributed by atoms with Crippen LogP contribution < -0.4 is 4.90 Å². The molecule has 5 rings (SSSR count). The van der Waals surface area contributed by atoms with Crippen molar-refractivity contribution >= 4 is 5.82 Å². The molecule has 0 atom stereocenters. The lowest BCUT2D eigenvalue weighted by atomic mass is 10.1. The molecule has 0 saturated carbocycles. The summed E-state index contributed by atoms with van der Waals surface area (Å²) < 4.78 is 16.3. The summed E-state index contributed by atoms with van der Waals surface area (Å²) in [5.74, 6) is 0.319. The Labute approximate surface area is 198 Å². The molecule has 4 aromatic rings. The van der Waals surface area contributed by atoms with Crippen molar-refractivity contribution in [2.24, 2.45) is 0 Å². The molecule has 0 radical (unpaired) electrons. The fraction of sp³-hybridized carbons (Fsp3) is 0.269. The Morgan fingerprint density at radius 1 is 0.941 bits per heavy atom. The zero-order chi connectivity index (χ0) is 23.5. The molecule has 0 unspecified atom stereocenters. The number of piperazine rings is 1. The van der Waals surface area contributed by atoms with Crippen molar-refractivity contribution in [1.29, 1.82) is 0 Å². The Morgan fingerprint density at radius 2 is 1.71 bits per heavy atom. The van der Waals surface area contributed by atoms with E-state index in [9.17, 15) is 9.50 Å². The maximum absolute atomic E-state index is 14.3. The normalized spacial score (nSPS) is 14.5. The Kier molecular flexibility index (Phi) is 6.33. The van der Waals surface area contributed by atoms with Crippen molar-refractivity contribution in [3.8, 4) is 16.9 Å². The van der Waals surface area contributed by atoms with E-state index in [1.54, 1.807) is 24.5 Å². The third kappa shape index (κ3) is 4.42. The Morgan fingerprint density at radius 3 is 2.44 bits per heavy atom. The predicted octanol–water partition coefficient (Wildman–Crippen LogP) is 3.59. The van der Waals surface area contributed by atoms with Crippen LogP contribution in [0.5, 0.6) is 0 Å². The fourth-order valence-electron chi connectivity index (χ4n) is 4.38. The second kappa shape index (κ2) is 9.70. The van der Waals surface area contributed by atoms with Gasteiger partial charge in [0.2, 0.25) is 0 Å². The van der Waals surface area contributed by atoms with Crippen LogP contribution in [-0.2, 0) is 13.2 Å². The maximum Gasteiger partial charge on any atom is 0.155 e. The summed E-state index contributed by atoms with van der Waals surface area (Å²) in [7, 11) is 0. The number of aromatic nitrogens is 4. The zero-order valence-electron chi connectivity index (χ0n) is 19.1. The van der Waals surface area contributed by atoms with Crippen LogP contribution in [-0.4, -0.2) is 55.9 Å². The van der Waals surface area contributed by atoms with Crippen molar-refractivity contribution in [2.45, 2.75) is 20.1 Å². The average Bonchev–Trinajstić information content (AvgIpc) is 3.24. The van der Waals surface area contributed by atoms with Crippen LogP contribution in [0.25, 0.3) is 16.9 Å². The largest absolute Gasteiger partial charge is 0.392 e. The van der Waals surface area contributed by atoms with Crippen LogP contribution in [0, 0.1) is 12.7 Å². The van der Waals surface area contributed by atoms with Gasteiger partial charge in [-0.15, -0.1) is 0 Å². The summed E-state index contributed by atoms with van der Waals surface area (Å²) >= 11 is 0. The summed E-state index contributed by atoms with van der Waals surface area (Å²) in [5, 5.41) is 13.9. The minimum Gasteiger partial charge on any atom is -0.392 e. The number of halogens is 1. The maximum atomic E-state index is 14.3. The second-order valence-corrected chi connectivity index (χ2v) is 8.46. The number of aliphatic hydroxyl groups excluding tert-OH is 1. The molecule has 8 heteroatoms. The minimum absolute atomic E-state index is 0.272. The van der Waals surface area contributed by atoms with Crippen molar-refractivity contribution < 1.29 is 9.50 Å². The van der Waals surface area contributed by atoms with Gasteiger partial charge < -0.3 is 10.0 Å². The Bertz CT molecular complexity index is 1270. The van der Waals surface area contributed by atoms with Gasteiger partial charge in [-0.25, -0.2) is 14.1 Å². The van der Waals surface area contributed by atoms with E-state index in [0.717, 1.165) is 49.9 Å². The molecule has 0 spiro atoms. The quantitative estimate of drug-likeness (QED) is 0.476. The highest BCUT2D eigenvalue weighted by atomic mass is 19.1. The first-order valence-electron chi connectivity index (χ1n) is 11.4. The van der Waals surface area contributed by atoms with Gasteiger partial charge in [0.1, 0.15) is 11.5 Å². The van der Waals surface area contributed by atoms with Gasteiger partial charge in [0.25, 0.3) is 0 Å². The molecule has 1 aliphatic rings. The number of hydrogen-bond donors (Lipinski definition) is 1. The van der Waals surface area contributed by atoms with Crippen LogP contribution >= 0.6 is 0 Å². The number of para-hydroxylation sites is 1. The van der Waals surface area contributed by atoms with Gasteiger partial charge in [-0.05, 0) is 25.1 Å². The van der Waals surface area contributed by atoms with Gasteiger partial charge in [0.05, 0.1) is 18.5 Å². The summed E-state index contributed by atoms with van der Waals surface area (Å²) in [6.45, 7) is 5.98. The van der Waals surface area contributed by atoms with Crippen LogP contribution in [0.2, 0.25) is 0 Å². The van der Waals surface area contributed by atoms with Gasteiger partial charge in [-0.2, -0.15) is 5.10 Å². The van der Waals surface area contributed by atoms with Crippen LogP contribution in [0.3, 0.4) is 0 Å². The van der Waals surface area contributed by atoms with E-state index in [1.165, 1.54) is 11.6 Å². The summed E-state index contributed by atoms with van der Waals surface area (Å²) in [6.07, 6.45) is 5.26. The molecule has 1 N–H and O–H groups in total. The smallest absolute Gasteiger partial charge is 0.155 e. The van der Waals surface area contributed by atoms with E-state index in [2.05, 4.69) is 43.9 Å². The van der Waals surface area contributed by atoms with E-state index in [0.29, 0.717) is 11.3 Å². The van der Waals surface area contributed by atoms with E-state index in [1.807, 2.05) is 29.1 Å². The number of benzene rings is 2. The third-order valence-corrected chi connectivity index (χ3v) is 6.35. The average molecular weight is 459 g/mol. The molecular formula is C26H27FN6O. The van der Waals surface area contributed by atoms with Gasteiger partial charge in [-0.3, -0.25) is 9.88 Å². The van der Waals surface area contributed by atoms with E-state index in [4.69, 9.17) is 0 Å². The molecule has 1 fully saturated rings. The molecule has 0 amide bonds. The summed E-state index contributed by atoms with van der Waals surface area (Å²) in [4.78, 5) is 13.7. The van der Waals surface area contributed by atoms with Gasteiger partial charge in [-0.1, -0.05) is 30.3 Å². The summed E-state index contributed by atoms with van der Waals surface area (Å²) in [6, 6.07) is 15.0. The first-order valence-corrected chi connectivity index (χ1v) is 11.4.